The van der Waals surface area contributed by atoms with Crippen molar-refractivity contribution < 1.29 is 4.79 Å². The van der Waals surface area contributed by atoms with E-state index in [-0.39, 0.29) is 5.41 Å². The maximum atomic E-state index is 11.6. The predicted octanol–water partition coefficient (Wildman–Crippen LogP) is 3.29. The van der Waals surface area contributed by atoms with Crippen molar-refractivity contribution in [3.63, 3.8) is 0 Å². The molecule has 1 amide bonds. The maximum Gasteiger partial charge on any atom is 0.339 e. The molecular formula is C16H12N3OS2. The van der Waals surface area contributed by atoms with Crippen molar-refractivity contribution in [3.05, 3.63) is 68.3 Å². The van der Waals surface area contributed by atoms with Crippen LogP contribution in [-0.2, 0) is 11.8 Å². The zero-order valence-electron chi connectivity index (χ0n) is 11.5. The number of rotatable bonds is 2. The Hall–Kier alpha value is -2.18. The van der Waals surface area contributed by atoms with Crippen LogP contribution in [0.2, 0.25) is 0 Å². The quantitative estimate of drug-likeness (QED) is 0.785. The summed E-state index contributed by atoms with van der Waals surface area (Å²) in [6.07, 6.45) is 7.68. The molecule has 0 saturated carbocycles. The first-order valence-corrected chi connectivity index (χ1v) is 8.63. The highest BCUT2D eigenvalue weighted by Gasteiger charge is 2.37. The molecule has 109 valence electrons. The van der Waals surface area contributed by atoms with Crippen LogP contribution in [-0.4, -0.2) is 15.8 Å². The Morgan fingerprint density at radius 3 is 2.50 bits per heavy atom. The SMILES string of the molecule is NC(=O)n1n[c]c2c1CC(c1ccsc1)(c1ccsc1)C=C2. The number of amides is 1. The van der Waals surface area contributed by atoms with Crippen molar-refractivity contribution in [2.45, 2.75) is 11.8 Å². The molecule has 0 aliphatic heterocycles. The lowest BCUT2D eigenvalue weighted by Gasteiger charge is -2.32. The van der Waals surface area contributed by atoms with Crippen molar-refractivity contribution in [3.8, 4) is 0 Å². The average Bonchev–Trinajstić information content (AvgIpc) is 3.26. The fourth-order valence-electron chi connectivity index (χ4n) is 2.98. The number of hydrogen-bond acceptors (Lipinski definition) is 4. The van der Waals surface area contributed by atoms with Gasteiger partial charge < -0.3 is 5.73 Å². The summed E-state index contributed by atoms with van der Waals surface area (Å²) >= 11 is 3.34. The molecule has 3 aromatic rings. The van der Waals surface area contributed by atoms with Gasteiger partial charge in [0.1, 0.15) is 6.20 Å². The van der Waals surface area contributed by atoms with Gasteiger partial charge in [0.25, 0.3) is 0 Å². The van der Waals surface area contributed by atoms with Crippen molar-refractivity contribution in [1.29, 1.82) is 0 Å². The number of aromatic nitrogens is 2. The van der Waals surface area contributed by atoms with Gasteiger partial charge in [0.2, 0.25) is 0 Å². The first kappa shape index (κ1) is 13.5. The first-order chi connectivity index (χ1) is 10.7. The molecule has 4 nitrogen and oxygen atoms in total. The summed E-state index contributed by atoms with van der Waals surface area (Å²) in [7, 11) is 0. The number of hydrogen-bond donors (Lipinski definition) is 1. The Balaban J connectivity index is 1.92. The number of nitrogens with two attached hydrogens (primary N) is 1. The van der Waals surface area contributed by atoms with Gasteiger partial charge in [-0.3, -0.25) is 0 Å². The number of primary amides is 1. The minimum absolute atomic E-state index is 0.284. The van der Waals surface area contributed by atoms with E-state index < -0.39 is 6.03 Å². The second-order valence-corrected chi connectivity index (χ2v) is 6.79. The van der Waals surface area contributed by atoms with E-state index in [0.717, 1.165) is 11.3 Å². The van der Waals surface area contributed by atoms with E-state index in [2.05, 4.69) is 51.0 Å². The number of fused-ring (bicyclic) bond motifs is 1. The second-order valence-electron chi connectivity index (χ2n) is 5.23. The topological polar surface area (TPSA) is 60.9 Å². The van der Waals surface area contributed by atoms with Crippen LogP contribution < -0.4 is 5.73 Å². The van der Waals surface area contributed by atoms with Crippen LogP contribution in [0.4, 0.5) is 4.79 Å². The standard InChI is InChI=1S/C16H12N3OS2/c17-15(20)19-14-7-16(12-2-5-21-9-12,13-3-6-22-10-13)4-1-11(14)8-18-19/h1-6,9-10H,7H2,(H2,17,20). The summed E-state index contributed by atoms with van der Waals surface area (Å²) in [5.74, 6) is 0. The number of thiophene rings is 2. The van der Waals surface area contributed by atoms with Gasteiger partial charge in [-0.15, -0.1) is 0 Å². The molecule has 3 heterocycles. The second kappa shape index (κ2) is 4.93. The summed E-state index contributed by atoms with van der Waals surface area (Å²) in [5, 5.41) is 12.5. The Morgan fingerprint density at radius 2 is 1.95 bits per heavy atom. The lowest BCUT2D eigenvalue weighted by Crippen LogP contribution is -2.33. The van der Waals surface area contributed by atoms with Gasteiger partial charge in [-0.2, -0.15) is 32.5 Å². The highest BCUT2D eigenvalue weighted by atomic mass is 32.1. The zero-order valence-corrected chi connectivity index (χ0v) is 13.2. The number of carbonyl (C=O) groups excluding carboxylic acids is 1. The Labute approximate surface area is 135 Å². The molecule has 22 heavy (non-hydrogen) atoms. The van der Waals surface area contributed by atoms with Crippen molar-refractivity contribution in [1.82, 2.24) is 9.78 Å². The molecule has 3 aromatic heterocycles. The molecule has 0 fully saturated rings. The summed E-state index contributed by atoms with van der Waals surface area (Å²) in [4.78, 5) is 11.6. The van der Waals surface area contributed by atoms with Gasteiger partial charge in [-0.05, 0) is 44.8 Å². The molecule has 0 aromatic carbocycles. The summed E-state index contributed by atoms with van der Waals surface area (Å²) in [5.41, 5.74) is 9.23. The van der Waals surface area contributed by atoms with E-state index in [4.69, 9.17) is 5.73 Å². The van der Waals surface area contributed by atoms with Crippen LogP contribution >= 0.6 is 22.7 Å². The number of allylic oxidation sites excluding steroid dienone is 1. The Morgan fingerprint density at radius 1 is 1.27 bits per heavy atom. The Kier molecular flexibility index (Phi) is 3.02. The molecule has 0 saturated heterocycles. The van der Waals surface area contributed by atoms with Gasteiger partial charge in [-0.25, -0.2) is 4.79 Å². The van der Waals surface area contributed by atoms with Gasteiger partial charge in [0, 0.05) is 17.4 Å². The lowest BCUT2D eigenvalue weighted by atomic mass is 9.70. The van der Waals surface area contributed by atoms with Gasteiger partial charge >= 0.3 is 6.03 Å². The van der Waals surface area contributed by atoms with Gasteiger partial charge in [-0.1, -0.05) is 12.2 Å². The first-order valence-electron chi connectivity index (χ1n) is 6.75. The average molecular weight is 326 g/mol. The van der Waals surface area contributed by atoms with Crippen molar-refractivity contribution in [2.24, 2.45) is 5.73 Å². The third-order valence-corrected chi connectivity index (χ3v) is 5.47. The van der Waals surface area contributed by atoms with E-state index >= 15 is 0 Å². The maximum absolute atomic E-state index is 11.6. The molecule has 1 radical (unpaired) electrons. The van der Waals surface area contributed by atoms with E-state index in [1.165, 1.54) is 15.8 Å². The molecular weight excluding hydrogens is 314 g/mol. The molecule has 2 N–H and O–H groups in total. The Bertz CT molecular complexity index is 810. The number of carbonyl (C=O) groups is 1. The molecule has 4 rings (SSSR count). The van der Waals surface area contributed by atoms with Crippen LogP contribution in [0, 0.1) is 6.20 Å². The normalized spacial score (nSPS) is 15.6. The summed E-state index contributed by atoms with van der Waals surface area (Å²) in [6, 6.07) is 3.69. The van der Waals surface area contributed by atoms with E-state index in [1.807, 2.05) is 6.08 Å². The van der Waals surface area contributed by atoms with Crippen molar-refractivity contribution in [2.75, 3.05) is 0 Å². The predicted molar refractivity (Wildman–Crippen MR) is 88.2 cm³/mol. The number of nitrogens with zero attached hydrogens (tertiary/aromatic N) is 2. The molecule has 0 spiro atoms. The molecule has 1 aliphatic carbocycles. The molecule has 0 bridgehead atoms. The molecule has 0 atom stereocenters. The summed E-state index contributed by atoms with van der Waals surface area (Å²) < 4.78 is 1.26. The van der Waals surface area contributed by atoms with Crippen LogP contribution in [0.1, 0.15) is 22.4 Å². The van der Waals surface area contributed by atoms with Gasteiger partial charge in [0.15, 0.2) is 0 Å². The monoisotopic (exact) mass is 326 g/mol. The molecule has 6 heteroatoms. The smallest absolute Gasteiger partial charge is 0.339 e. The largest absolute Gasteiger partial charge is 0.350 e. The summed E-state index contributed by atoms with van der Waals surface area (Å²) in [6.45, 7) is 0. The van der Waals surface area contributed by atoms with Crippen LogP contribution in [0.3, 0.4) is 0 Å². The fraction of sp³-hybridized carbons (Fsp3) is 0.125. The highest BCUT2D eigenvalue weighted by Crippen LogP contribution is 2.42. The molecule has 0 unspecified atom stereocenters. The van der Waals surface area contributed by atoms with Crippen LogP contribution in [0.15, 0.2) is 39.7 Å². The van der Waals surface area contributed by atoms with Crippen molar-refractivity contribution >= 4 is 34.8 Å². The fourth-order valence-corrected chi connectivity index (χ4v) is 4.46. The lowest BCUT2D eigenvalue weighted by molar-refractivity contribution is 0.246. The van der Waals surface area contributed by atoms with E-state index in [9.17, 15) is 4.79 Å². The van der Waals surface area contributed by atoms with Crippen LogP contribution in [0.5, 0.6) is 0 Å². The van der Waals surface area contributed by atoms with Crippen LogP contribution in [0.25, 0.3) is 6.08 Å². The van der Waals surface area contributed by atoms with E-state index in [1.54, 1.807) is 22.7 Å². The third-order valence-electron chi connectivity index (χ3n) is 4.10. The minimum atomic E-state index is -0.572. The molecule has 1 aliphatic rings. The zero-order chi connectivity index (χ0) is 15.2. The minimum Gasteiger partial charge on any atom is -0.350 e. The highest BCUT2D eigenvalue weighted by molar-refractivity contribution is 7.08. The van der Waals surface area contributed by atoms with E-state index in [0.29, 0.717) is 6.42 Å². The third kappa shape index (κ3) is 1.88. The van der Waals surface area contributed by atoms with Gasteiger partial charge in [0.05, 0.1) is 5.69 Å².